The molecule has 0 N–H and O–H groups in total. The van der Waals surface area contributed by atoms with Crippen LogP contribution in [0.3, 0.4) is 0 Å². The molecule has 0 saturated heterocycles. The minimum atomic E-state index is -0.330. The normalized spacial score (nSPS) is 8.54. The summed E-state index contributed by atoms with van der Waals surface area (Å²) in [6.45, 7) is 15.3. The monoisotopic (exact) mass is 360 g/mol. The maximum Gasteiger partial charge on any atom is 0.330 e. The first kappa shape index (κ1) is 25.6. The number of unbranched alkanes of at least 4 members (excludes halogenated alkanes) is 2. The summed E-state index contributed by atoms with van der Waals surface area (Å²) in [5.41, 5.74) is 1.17. The Morgan fingerprint density at radius 1 is 0.846 bits per heavy atom. The van der Waals surface area contributed by atoms with E-state index in [0.29, 0.717) is 13.2 Å². The molecule has 1 aromatic carbocycles. The molecule has 4 nitrogen and oxygen atoms in total. The first-order valence-electron chi connectivity index (χ1n) is 8.81. The van der Waals surface area contributed by atoms with E-state index in [1.54, 1.807) is 0 Å². The van der Waals surface area contributed by atoms with Crippen molar-refractivity contribution in [1.82, 2.24) is 0 Å². The van der Waals surface area contributed by atoms with E-state index in [1.807, 2.05) is 50.3 Å². The quantitative estimate of drug-likeness (QED) is 0.338. The Balaban J connectivity index is 0. The Kier molecular flexibility index (Phi) is 20.1. The molecular formula is C22H32O4. The Morgan fingerprint density at radius 2 is 1.27 bits per heavy atom. The van der Waals surface area contributed by atoms with Gasteiger partial charge in [-0.3, -0.25) is 0 Å². The maximum atomic E-state index is 10.3. The van der Waals surface area contributed by atoms with E-state index in [2.05, 4.69) is 29.2 Å². The van der Waals surface area contributed by atoms with E-state index in [4.69, 9.17) is 0 Å². The summed E-state index contributed by atoms with van der Waals surface area (Å²) in [5.74, 6) is -0.660. The van der Waals surface area contributed by atoms with Crippen LogP contribution in [0, 0.1) is 0 Å². The number of carbonyl (C=O) groups excluding carboxylic acids is 2. The second-order valence-electron chi connectivity index (χ2n) is 5.07. The Labute approximate surface area is 158 Å². The standard InChI is InChI=1S/C8H8.2C7H12O2/c1-2-8-6-4-3-5-7-8;2*1-3-5-6-9-7(8)4-2/h2-7H,1H2;2*4H,2-3,5-6H2,1H3. The number of ether oxygens (including phenoxy) is 2. The number of rotatable bonds is 9. The molecule has 0 unspecified atom stereocenters. The fourth-order valence-corrected chi connectivity index (χ4v) is 1.34. The van der Waals surface area contributed by atoms with Gasteiger partial charge >= 0.3 is 11.9 Å². The maximum absolute atomic E-state index is 10.3. The molecule has 0 fully saturated rings. The highest BCUT2D eigenvalue weighted by Gasteiger charge is 1.92. The topological polar surface area (TPSA) is 52.6 Å². The summed E-state index contributed by atoms with van der Waals surface area (Å²) in [4.78, 5) is 20.7. The predicted molar refractivity (Wildman–Crippen MR) is 109 cm³/mol. The number of benzene rings is 1. The van der Waals surface area contributed by atoms with Gasteiger partial charge in [-0.15, -0.1) is 0 Å². The molecule has 0 saturated carbocycles. The molecule has 0 aliphatic rings. The third-order valence-corrected chi connectivity index (χ3v) is 2.85. The van der Waals surface area contributed by atoms with E-state index in [0.717, 1.165) is 25.7 Å². The third kappa shape index (κ3) is 19.4. The molecule has 1 rings (SSSR count). The number of esters is 2. The van der Waals surface area contributed by atoms with E-state index < -0.39 is 0 Å². The minimum Gasteiger partial charge on any atom is -0.463 e. The molecule has 0 spiro atoms. The predicted octanol–water partition coefficient (Wildman–Crippen LogP) is 5.36. The smallest absolute Gasteiger partial charge is 0.330 e. The summed E-state index contributed by atoms with van der Waals surface area (Å²) in [5, 5.41) is 0. The first-order valence-corrected chi connectivity index (χ1v) is 8.81. The highest BCUT2D eigenvalue weighted by molar-refractivity contribution is 5.81. The molecular weight excluding hydrogens is 328 g/mol. The Morgan fingerprint density at radius 3 is 1.54 bits per heavy atom. The summed E-state index contributed by atoms with van der Waals surface area (Å²) in [7, 11) is 0. The highest BCUT2D eigenvalue weighted by atomic mass is 16.5. The summed E-state index contributed by atoms with van der Waals surface area (Å²) in [6, 6.07) is 10.0. The average Bonchev–Trinajstić information content (AvgIpc) is 2.69. The fraction of sp³-hybridized carbons (Fsp3) is 0.364. The number of hydrogen-bond acceptors (Lipinski definition) is 4. The fourth-order valence-electron chi connectivity index (χ4n) is 1.34. The van der Waals surface area contributed by atoms with Crippen molar-refractivity contribution in [1.29, 1.82) is 0 Å². The average molecular weight is 360 g/mol. The van der Waals surface area contributed by atoms with Gasteiger partial charge in [0.25, 0.3) is 0 Å². The lowest BCUT2D eigenvalue weighted by Gasteiger charge is -1.97. The van der Waals surface area contributed by atoms with Crippen LogP contribution in [0.5, 0.6) is 0 Å². The zero-order valence-corrected chi connectivity index (χ0v) is 16.1. The van der Waals surface area contributed by atoms with Crippen molar-refractivity contribution in [3.8, 4) is 0 Å². The van der Waals surface area contributed by atoms with Crippen molar-refractivity contribution >= 4 is 18.0 Å². The van der Waals surface area contributed by atoms with Gasteiger partial charge in [-0.1, -0.05) is 82.8 Å². The van der Waals surface area contributed by atoms with Gasteiger partial charge in [0.1, 0.15) is 0 Å². The van der Waals surface area contributed by atoms with Gasteiger partial charge in [0.15, 0.2) is 0 Å². The van der Waals surface area contributed by atoms with Crippen LogP contribution >= 0.6 is 0 Å². The molecule has 0 aliphatic heterocycles. The lowest BCUT2D eigenvalue weighted by Crippen LogP contribution is -2.00. The molecule has 0 amide bonds. The van der Waals surface area contributed by atoms with Crippen LogP contribution in [0.15, 0.2) is 62.2 Å². The summed E-state index contributed by atoms with van der Waals surface area (Å²) >= 11 is 0. The van der Waals surface area contributed by atoms with Crippen molar-refractivity contribution in [2.75, 3.05) is 13.2 Å². The molecule has 1 aromatic rings. The Bertz CT molecular complexity index is 480. The first-order chi connectivity index (χ1) is 12.5. The Hall–Kier alpha value is -2.62. The van der Waals surface area contributed by atoms with Crippen LogP contribution in [0.2, 0.25) is 0 Å². The lowest BCUT2D eigenvalue weighted by molar-refractivity contribution is -0.138. The lowest BCUT2D eigenvalue weighted by atomic mass is 10.2. The van der Waals surface area contributed by atoms with Gasteiger partial charge in [0.05, 0.1) is 13.2 Å². The van der Waals surface area contributed by atoms with E-state index in [1.165, 1.54) is 17.7 Å². The van der Waals surface area contributed by atoms with Crippen LogP contribution in [-0.2, 0) is 19.1 Å². The van der Waals surface area contributed by atoms with Gasteiger partial charge in [0.2, 0.25) is 0 Å². The van der Waals surface area contributed by atoms with Crippen LogP contribution in [-0.4, -0.2) is 25.2 Å². The third-order valence-electron chi connectivity index (χ3n) is 2.85. The molecule has 0 aliphatic carbocycles. The van der Waals surface area contributed by atoms with Gasteiger partial charge in [-0.25, -0.2) is 9.59 Å². The molecule has 0 bridgehead atoms. The largest absolute Gasteiger partial charge is 0.463 e. The molecule has 0 radical (unpaired) electrons. The van der Waals surface area contributed by atoms with E-state index in [-0.39, 0.29) is 11.9 Å². The van der Waals surface area contributed by atoms with Crippen molar-refractivity contribution in [2.45, 2.75) is 39.5 Å². The molecule has 26 heavy (non-hydrogen) atoms. The highest BCUT2D eigenvalue weighted by Crippen LogP contribution is 1.97. The number of hydrogen-bond donors (Lipinski definition) is 0. The second kappa shape index (κ2) is 20.4. The summed E-state index contributed by atoms with van der Waals surface area (Å²) in [6.07, 6.45) is 8.14. The van der Waals surface area contributed by atoms with Crippen LogP contribution in [0.25, 0.3) is 6.08 Å². The van der Waals surface area contributed by atoms with Gasteiger partial charge in [-0.05, 0) is 18.4 Å². The molecule has 0 aromatic heterocycles. The van der Waals surface area contributed by atoms with Crippen LogP contribution in [0.1, 0.15) is 45.1 Å². The van der Waals surface area contributed by atoms with Crippen molar-refractivity contribution in [3.05, 3.63) is 67.8 Å². The minimum absolute atomic E-state index is 0.330. The molecule has 144 valence electrons. The molecule has 0 atom stereocenters. The van der Waals surface area contributed by atoms with Crippen LogP contribution < -0.4 is 0 Å². The zero-order valence-electron chi connectivity index (χ0n) is 16.1. The van der Waals surface area contributed by atoms with E-state index in [9.17, 15) is 9.59 Å². The van der Waals surface area contributed by atoms with Gasteiger partial charge < -0.3 is 9.47 Å². The zero-order chi connectivity index (χ0) is 20.0. The van der Waals surface area contributed by atoms with Crippen molar-refractivity contribution in [3.63, 3.8) is 0 Å². The molecule has 4 heteroatoms. The molecule has 0 heterocycles. The SMILES string of the molecule is C=CC(=O)OCCCC.C=CC(=O)OCCCC.C=Cc1ccccc1. The number of carbonyl (C=O) groups is 2. The summed E-state index contributed by atoms with van der Waals surface area (Å²) < 4.78 is 9.35. The van der Waals surface area contributed by atoms with Gasteiger partial charge in [0, 0.05) is 12.2 Å². The van der Waals surface area contributed by atoms with E-state index >= 15 is 0 Å². The second-order valence-corrected chi connectivity index (χ2v) is 5.07. The van der Waals surface area contributed by atoms with Crippen LogP contribution in [0.4, 0.5) is 0 Å². The van der Waals surface area contributed by atoms with Gasteiger partial charge in [-0.2, -0.15) is 0 Å². The van der Waals surface area contributed by atoms with Crippen molar-refractivity contribution < 1.29 is 19.1 Å². The van der Waals surface area contributed by atoms with Crippen molar-refractivity contribution in [2.24, 2.45) is 0 Å².